The van der Waals surface area contributed by atoms with Gasteiger partial charge in [-0.15, -0.1) is 0 Å². The van der Waals surface area contributed by atoms with Crippen LogP contribution >= 0.6 is 0 Å². The molecule has 0 unspecified atom stereocenters. The Morgan fingerprint density at radius 2 is 1.89 bits per heavy atom. The molecule has 0 spiro atoms. The maximum atomic E-state index is 12.6. The first kappa shape index (κ1) is 13.8. The molecule has 0 aromatic heterocycles. The number of likely N-dealkylation sites (tertiary alicyclic amines) is 2. The zero-order valence-electron chi connectivity index (χ0n) is 11.8. The zero-order chi connectivity index (χ0) is 13.1. The largest absolute Gasteiger partial charge is 0.338 e. The van der Waals surface area contributed by atoms with Crippen molar-refractivity contribution >= 4 is 5.91 Å². The highest BCUT2D eigenvalue weighted by molar-refractivity contribution is 5.79. The summed E-state index contributed by atoms with van der Waals surface area (Å²) >= 11 is 0. The lowest BCUT2D eigenvalue weighted by atomic mass is 9.88. The van der Waals surface area contributed by atoms with Crippen LogP contribution in [0, 0.1) is 11.8 Å². The molecule has 2 heterocycles. The minimum Gasteiger partial charge on any atom is -0.338 e. The monoisotopic (exact) mass is 253 g/mol. The average Bonchev–Trinajstić information content (AvgIpc) is 2.38. The number of carbonyl (C=O) groups is 1. The minimum absolute atomic E-state index is 0.237. The van der Waals surface area contributed by atoms with Gasteiger partial charge in [0.1, 0.15) is 0 Å². The summed E-state index contributed by atoms with van der Waals surface area (Å²) < 4.78 is 0. The standard InChI is InChI=1S/C14H27N3O/c1-11-4-3-7-17(13(11)10-15)14(18)12-5-8-16(2)9-6-12/h11-13H,3-10,15H2,1-2H3/t11-,13+/m1/s1. The van der Waals surface area contributed by atoms with E-state index in [0.717, 1.165) is 38.9 Å². The smallest absolute Gasteiger partial charge is 0.226 e. The highest BCUT2D eigenvalue weighted by Crippen LogP contribution is 2.27. The maximum absolute atomic E-state index is 12.6. The van der Waals surface area contributed by atoms with Crippen LogP contribution in [-0.4, -0.2) is 55.0 Å². The van der Waals surface area contributed by atoms with E-state index >= 15 is 0 Å². The molecule has 2 fully saturated rings. The molecule has 2 aliphatic rings. The van der Waals surface area contributed by atoms with Gasteiger partial charge in [-0.2, -0.15) is 0 Å². The molecule has 2 N–H and O–H groups in total. The van der Waals surface area contributed by atoms with E-state index in [0.29, 0.717) is 18.4 Å². The molecule has 0 saturated carbocycles. The third-order valence-corrected chi connectivity index (χ3v) is 4.71. The van der Waals surface area contributed by atoms with Gasteiger partial charge in [0, 0.05) is 25.0 Å². The van der Waals surface area contributed by atoms with Crippen LogP contribution < -0.4 is 5.73 Å². The SMILES string of the molecule is C[C@@H]1CCCN(C(=O)C2CCN(C)CC2)[C@H]1CN. The number of carbonyl (C=O) groups excluding carboxylic acids is 1. The summed E-state index contributed by atoms with van der Waals surface area (Å²) in [6.45, 7) is 5.85. The molecule has 2 atom stereocenters. The summed E-state index contributed by atoms with van der Waals surface area (Å²) in [5.41, 5.74) is 5.87. The van der Waals surface area contributed by atoms with E-state index in [1.165, 1.54) is 6.42 Å². The van der Waals surface area contributed by atoms with Gasteiger partial charge >= 0.3 is 0 Å². The Hall–Kier alpha value is -0.610. The second-order valence-electron chi connectivity index (χ2n) is 6.03. The summed E-state index contributed by atoms with van der Waals surface area (Å²) in [5.74, 6) is 1.16. The van der Waals surface area contributed by atoms with E-state index in [1.807, 2.05) is 0 Å². The molecule has 0 bridgehead atoms. The molecular formula is C14H27N3O. The van der Waals surface area contributed by atoms with Crippen LogP contribution in [-0.2, 0) is 4.79 Å². The maximum Gasteiger partial charge on any atom is 0.226 e. The topological polar surface area (TPSA) is 49.6 Å². The van der Waals surface area contributed by atoms with Crippen molar-refractivity contribution in [3.63, 3.8) is 0 Å². The van der Waals surface area contributed by atoms with Gasteiger partial charge in [-0.05, 0) is 51.7 Å². The van der Waals surface area contributed by atoms with Gasteiger partial charge < -0.3 is 15.5 Å². The number of amides is 1. The Morgan fingerprint density at radius 3 is 2.50 bits per heavy atom. The van der Waals surface area contributed by atoms with Crippen LogP contribution in [0.25, 0.3) is 0 Å². The fourth-order valence-electron chi connectivity index (χ4n) is 3.37. The van der Waals surface area contributed by atoms with Crippen LogP contribution in [0.1, 0.15) is 32.6 Å². The lowest BCUT2D eigenvalue weighted by molar-refractivity contribution is -0.142. The van der Waals surface area contributed by atoms with Crippen LogP contribution in [0.5, 0.6) is 0 Å². The van der Waals surface area contributed by atoms with Crippen molar-refractivity contribution in [3.8, 4) is 0 Å². The fraction of sp³-hybridized carbons (Fsp3) is 0.929. The Morgan fingerprint density at radius 1 is 1.22 bits per heavy atom. The van der Waals surface area contributed by atoms with Crippen molar-refractivity contribution in [2.75, 3.05) is 33.2 Å². The van der Waals surface area contributed by atoms with Crippen LogP contribution in [0.4, 0.5) is 0 Å². The third-order valence-electron chi connectivity index (χ3n) is 4.71. The first-order chi connectivity index (χ1) is 8.63. The molecule has 104 valence electrons. The van der Waals surface area contributed by atoms with E-state index in [4.69, 9.17) is 5.73 Å². The van der Waals surface area contributed by atoms with Crippen molar-refractivity contribution in [1.29, 1.82) is 0 Å². The number of nitrogens with zero attached hydrogens (tertiary/aromatic N) is 2. The average molecular weight is 253 g/mol. The Kier molecular flexibility index (Phi) is 4.62. The summed E-state index contributed by atoms with van der Waals surface area (Å²) in [6, 6.07) is 0.269. The Bertz CT molecular complexity index is 287. The molecule has 1 amide bonds. The third kappa shape index (κ3) is 2.86. The van der Waals surface area contributed by atoms with E-state index in [-0.39, 0.29) is 12.0 Å². The highest BCUT2D eigenvalue weighted by Gasteiger charge is 2.35. The zero-order valence-corrected chi connectivity index (χ0v) is 11.8. The van der Waals surface area contributed by atoms with Gasteiger partial charge in [0.2, 0.25) is 5.91 Å². The summed E-state index contributed by atoms with van der Waals surface area (Å²) in [4.78, 5) is 17.0. The van der Waals surface area contributed by atoms with Crippen LogP contribution in [0.15, 0.2) is 0 Å². The molecule has 4 heteroatoms. The first-order valence-electron chi connectivity index (χ1n) is 7.32. The normalized spacial score (nSPS) is 31.6. The lowest BCUT2D eigenvalue weighted by Gasteiger charge is -2.42. The predicted octanol–water partition coefficient (Wildman–Crippen LogP) is 0.914. The molecule has 0 radical (unpaired) electrons. The number of nitrogens with two attached hydrogens (primary N) is 1. The predicted molar refractivity (Wildman–Crippen MR) is 73.2 cm³/mol. The summed E-state index contributed by atoms with van der Waals surface area (Å²) in [6.07, 6.45) is 4.37. The van der Waals surface area contributed by atoms with Gasteiger partial charge in [0.25, 0.3) is 0 Å². The van der Waals surface area contributed by atoms with Crippen molar-refractivity contribution in [1.82, 2.24) is 9.80 Å². The number of hydrogen-bond acceptors (Lipinski definition) is 3. The molecule has 0 aliphatic carbocycles. The molecule has 0 aromatic rings. The van der Waals surface area contributed by atoms with Crippen molar-refractivity contribution < 1.29 is 4.79 Å². The number of rotatable bonds is 2. The van der Waals surface area contributed by atoms with Gasteiger partial charge in [0.05, 0.1) is 0 Å². The second kappa shape index (κ2) is 6.02. The van der Waals surface area contributed by atoms with Crippen LogP contribution in [0.3, 0.4) is 0 Å². The first-order valence-corrected chi connectivity index (χ1v) is 7.32. The van der Waals surface area contributed by atoms with Gasteiger partial charge in [-0.1, -0.05) is 6.92 Å². The van der Waals surface area contributed by atoms with Gasteiger partial charge in [-0.3, -0.25) is 4.79 Å². The Balaban J connectivity index is 1.98. The van der Waals surface area contributed by atoms with Gasteiger partial charge in [0.15, 0.2) is 0 Å². The van der Waals surface area contributed by atoms with Crippen molar-refractivity contribution in [3.05, 3.63) is 0 Å². The number of piperidine rings is 2. The van der Waals surface area contributed by atoms with E-state index < -0.39 is 0 Å². The quantitative estimate of drug-likeness (QED) is 0.796. The molecule has 4 nitrogen and oxygen atoms in total. The summed E-state index contributed by atoms with van der Waals surface area (Å²) in [7, 11) is 2.13. The molecule has 0 aromatic carbocycles. The van der Waals surface area contributed by atoms with E-state index in [1.54, 1.807) is 0 Å². The van der Waals surface area contributed by atoms with E-state index in [9.17, 15) is 4.79 Å². The molecule has 18 heavy (non-hydrogen) atoms. The lowest BCUT2D eigenvalue weighted by Crippen LogP contribution is -2.54. The minimum atomic E-state index is 0.237. The summed E-state index contributed by atoms with van der Waals surface area (Å²) in [5, 5.41) is 0. The molecule has 2 saturated heterocycles. The van der Waals surface area contributed by atoms with Crippen molar-refractivity contribution in [2.45, 2.75) is 38.6 Å². The van der Waals surface area contributed by atoms with Gasteiger partial charge in [-0.25, -0.2) is 0 Å². The fourth-order valence-corrected chi connectivity index (χ4v) is 3.37. The van der Waals surface area contributed by atoms with Crippen LogP contribution in [0.2, 0.25) is 0 Å². The van der Waals surface area contributed by atoms with E-state index in [2.05, 4.69) is 23.8 Å². The number of hydrogen-bond donors (Lipinski definition) is 1. The second-order valence-corrected chi connectivity index (χ2v) is 6.03. The molecular weight excluding hydrogens is 226 g/mol. The van der Waals surface area contributed by atoms with Crippen molar-refractivity contribution in [2.24, 2.45) is 17.6 Å². The highest BCUT2D eigenvalue weighted by atomic mass is 16.2. The molecule has 2 rings (SSSR count). The molecule has 2 aliphatic heterocycles. The Labute approximate surface area is 110 Å².